The Morgan fingerprint density at radius 3 is 2.59 bits per heavy atom. The number of aromatic nitrogens is 1. The molecule has 2 aliphatic heterocycles. The van der Waals surface area contributed by atoms with Crippen LogP contribution in [0.15, 0.2) is 35.3 Å². The molecule has 0 saturated heterocycles. The summed E-state index contributed by atoms with van der Waals surface area (Å²) in [7, 11) is 0. The van der Waals surface area contributed by atoms with Crippen molar-refractivity contribution in [3.05, 3.63) is 74.7 Å². The number of halogens is 2. The van der Waals surface area contributed by atoms with Crippen LogP contribution < -0.4 is 15.8 Å². The van der Waals surface area contributed by atoms with Crippen molar-refractivity contribution in [2.75, 3.05) is 11.7 Å². The summed E-state index contributed by atoms with van der Waals surface area (Å²) in [6, 6.07) is 1.86. The summed E-state index contributed by atoms with van der Waals surface area (Å²) in [4.78, 5) is 39.9. The number of nitrogens with one attached hydrogen (secondary N) is 1. The molecule has 0 unspecified atom stereocenters. The maximum absolute atomic E-state index is 14.2. The van der Waals surface area contributed by atoms with E-state index in [4.69, 9.17) is 0 Å². The van der Waals surface area contributed by atoms with Crippen molar-refractivity contribution >= 4 is 11.8 Å². The van der Waals surface area contributed by atoms with E-state index in [1.807, 2.05) is 26.0 Å². The van der Waals surface area contributed by atoms with Gasteiger partial charge in [0.25, 0.3) is 11.8 Å². The Hall–Kier alpha value is -3.69. The molecular formula is C22H22F2N4O4. The molecule has 2 atom stereocenters. The summed E-state index contributed by atoms with van der Waals surface area (Å²) in [5.41, 5.74) is -1.76. The van der Waals surface area contributed by atoms with Gasteiger partial charge in [-0.1, -0.05) is 18.2 Å². The SMILES string of the molecule is Cc1c(F)ccc(CNC(=O)c2cn3c(c(O)c2=O)C(=O)N2CN3[C@H](C)C=C[C@H]2C)c1F. The second-order valence-electron chi connectivity index (χ2n) is 7.96. The van der Waals surface area contributed by atoms with Crippen molar-refractivity contribution in [2.45, 2.75) is 39.4 Å². The fourth-order valence-electron chi connectivity index (χ4n) is 3.87. The number of carbonyl (C=O) groups is 2. The topological polar surface area (TPSA) is 94.9 Å². The number of benzene rings is 1. The summed E-state index contributed by atoms with van der Waals surface area (Å²) < 4.78 is 29.0. The quantitative estimate of drug-likeness (QED) is 0.704. The molecule has 1 aromatic heterocycles. The first-order valence-corrected chi connectivity index (χ1v) is 10.1. The second-order valence-corrected chi connectivity index (χ2v) is 7.96. The molecule has 3 heterocycles. The standard InChI is InChI=1S/C22H22F2N4O4/c1-11-4-5-12(2)28-10-26(11)22(32)18-20(30)19(29)15(9-27(18)28)21(31)25-8-14-6-7-16(23)13(3)17(14)24/h4-7,9,11-12,30H,8,10H2,1-3H3,(H,25,31)/t11-,12-/m1/s1. The molecule has 168 valence electrons. The molecule has 0 aliphatic carbocycles. The molecule has 0 radical (unpaired) electrons. The minimum Gasteiger partial charge on any atom is -0.502 e. The second kappa shape index (κ2) is 7.77. The molecule has 32 heavy (non-hydrogen) atoms. The van der Waals surface area contributed by atoms with Crippen LogP contribution >= 0.6 is 0 Å². The molecule has 8 nitrogen and oxygen atoms in total. The Morgan fingerprint density at radius 2 is 1.88 bits per heavy atom. The van der Waals surface area contributed by atoms with Crippen LogP contribution in [0, 0.1) is 18.6 Å². The van der Waals surface area contributed by atoms with Crippen molar-refractivity contribution in [3.8, 4) is 5.75 Å². The smallest absolute Gasteiger partial charge is 0.278 e. The lowest BCUT2D eigenvalue weighted by Gasteiger charge is -2.41. The molecule has 2 aromatic rings. The molecule has 0 spiro atoms. The van der Waals surface area contributed by atoms with Gasteiger partial charge in [0, 0.05) is 29.9 Å². The van der Waals surface area contributed by atoms with Crippen molar-refractivity contribution < 1.29 is 23.5 Å². The van der Waals surface area contributed by atoms with Crippen LogP contribution in [0.3, 0.4) is 0 Å². The predicted octanol–water partition coefficient (Wildman–Crippen LogP) is 1.77. The van der Waals surface area contributed by atoms with E-state index in [1.54, 1.807) is 5.01 Å². The third kappa shape index (κ3) is 3.31. The zero-order valence-corrected chi connectivity index (χ0v) is 17.7. The van der Waals surface area contributed by atoms with Crippen LogP contribution in [0.25, 0.3) is 0 Å². The molecular weight excluding hydrogens is 422 g/mol. The Labute approximate surface area is 182 Å². The van der Waals surface area contributed by atoms with Gasteiger partial charge in [-0.25, -0.2) is 8.78 Å². The highest BCUT2D eigenvalue weighted by Gasteiger charge is 2.38. The molecule has 4 rings (SSSR count). The largest absolute Gasteiger partial charge is 0.502 e. The third-order valence-electron chi connectivity index (χ3n) is 5.92. The van der Waals surface area contributed by atoms with Crippen molar-refractivity contribution in [2.24, 2.45) is 0 Å². The number of aromatic hydroxyl groups is 1. The van der Waals surface area contributed by atoms with E-state index in [0.717, 1.165) is 6.07 Å². The number of hydrogen-bond donors (Lipinski definition) is 2. The van der Waals surface area contributed by atoms with Gasteiger partial charge in [-0.2, -0.15) is 0 Å². The molecule has 0 fully saturated rings. The van der Waals surface area contributed by atoms with E-state index in [0.29, 0.717) is 0 Å². The Balaban J connectivity index is 1.70. The van der Waals surface area contributed by atoms with Crippen LogP contribution in [0.4, 0.5) is 8.78 Å². The molecule has 2 N–H and O–H groups in total. The normalized spacial score (nSPS) is 19.6. The van der Waals surface area contributed by atoms with Crippen molar-refractivity contribution in [1.82, 2.24) is 14.9 Å². The molecule has 2 amide bonds. The summed E-state index contributed by atoms with van der Waals surface area (Å²) in [5, 5.41) is 14.7. The summed E-state index contributed by atoms with van der Waals surface area (Å²) in [5.74, 6) is -3.71. The lowest BCUT2D eigenvalue weighted by atomic mass is 10.1. The average molecular weight is 444 g/mol. The van der Waals surface area contributed by atoms with E-state index < -0.39 is 40.2 Å². The van der Waals surface area contributed by atoms with Crippen LogP contribution in [-0.2, 0) is 6.54 Å². The van der Waals surface area contributed by atoms with E-state index in [2.05, 4.69) is 5.32 Å². The van der Waals surface area contributed by atoms with Gasteiger partial charge in [0.2, 0.25) is 5.43 Å². The number of fused-ring (bicyclic) bond motifs is 4. The maximum atomic E-state index is 14.2. The Kier molecular flexibility index (Phi) is 5.23. The van der Waals surface area contributed by atoms with Crippen LogP contribution in [0.1, 0.15) is 45.8 Å². The highest BCUT2D eigenvalue weighted by molar-refractivity contribution is 5.99. The van der Waals surface area contributed by atoms with Gasteiger partial charge in [-0.05, 0) is 26.8 Å². The van der Waals surface area contributed by atoms with Gasteiger partial charge < -0.3 is 15.3 Å². The zero-order chi connectivity index (χ0) is 23.3. The number of amides is 2. The van der Waals surface area contributed by atoms with Gasteiger partial charge in [0.15, 0.2) is 11.4 Å². The van der Waals surface area contributed by atoms with E-state index in [1.165, 1.54) is 28.8 Å². The lowest BCUT2D eigenvalue weighted by molar-refractivity contribution is 0.0652. The van der Waals surface area contributed by atoms with E-state index in [9.17, 15) is 28.3 Å². The Bertz CT molecular complexity index is 1220. The van der Waals surface area contributed by atoms with Gasteiger partial charge in [0.05, 0.1) is 6.04 Å². The van der Waals surface area contributed by atoms with E-state index in [-0.39, 0.29) is 42.1 Å². The van der Waals surface area contributed by atoms with Gasteiger partial charge in [-0.3, -0.25) is 24.1 Å². The molecule has 1 aromatic carbocycles. The number of pyridine rings is 1. The minimum absolute atomic E-state index is 0.0469. The first-order valence-electron chi connectivity index (χ1n) is 10.1. The Morgan fingerprint density at radius 1 is 1.19 bits per heavy atom. The van der Waals surface area contributed by atoms with Gasteiger partial charge >= 0.3 is 0 Å². The summed E-state index contributed by atoms with van der Waals surface area (Å²) >= 11 is 0. The number of hydrogen-bond acceptors (Lipinski definition) is 5. The highest BCUT2D eigenvalue weighted by atomic mass is 19.1. The minimum atomic E-state index is -1.01. The van der Waals surface area contributed by atoms with Crippen LogP contribution in [0.5, 0.6) is 5.75 Å². The summed E-state index contributed by atoms with van der Waals surface area (Å²) in [6.45, 7) is 4.89. The molecule has 10 heteroatoms. The first kappa shape index (κ1) is 21.5. The van der Waals surface area contributed by atoms with E-state index >= 15 is 0 Å². The van der Waals surface area contributed by atoms with Crippen LogP contribution in [0.2, 0.25) is 0 Å². The lowest BCUT2D eigenvalue weighted by Crippen LogP contribution is -2.57. The number of rotatable bonds is 3. The fraction of sp³-hybridized carbons (Fsp3) is 0.318. The monoisotopic (exact) mass is 444 g/mol. The molecule has 2 bridgehead atoms. The average Bonchev–Trinajstić information content (AvgIpc) is 2.89. The fourth-order valence-corrected chi connectivity index (χ4v) is 3.87. The van der Waals surface area contributed by atoms with Gasteiger partial charge in [0.1, 0.15) is 23.9 Å². The molecule has 2 aliphatic rings. The van der Waals surface area contributed by atoms with Gasteiger partial charge in [-0.15, -0.1) is 0 Å². The van der Waals surface area contributed by atoms with Crippen molar-refractivity contribution in [3.63, 3.8) is 0 Å². The number of carbonyl (C=O) groups excluding carboxylic acids is 2. The predicted molar refractivity (Wildman–Crippen MR) is 112 cm³/mol. The zero-order valence-electron chi connectivity index (χ0n) is 17.7. The highest BCUT2D eigenvalue weighted by Crippen LogP contribution is 2.26. The first-order chi connectivity index (χ1) is 15.1. The third-order valence-corrected chi connectivity index (χ3v) is 5.92. The van der Waals surface area contributed by atoms with Crippen molar-refractivity contribution in [1.29, 1.82) is 0 Å². The number of nitrogens with zero attached hydrogens (tertiary/aromatic N) is 3. The summed E-state index contributed by atoms with van der Waals surface area (Å²) in [6.07, 6.45) is 4.95. The van der Waals surface area contributed by atoms with Crippen LogP contribution in [-0.4, -0.2) is 45.2 Å². The molecule has 0 saturated carbocycles. The maximum Gasteiger partial charge on any atom is 0.278 e.